The highest BCUT2D eigenvalue weighted by molar-refractivity contribution is 5.94. The Balaban J connectivity index is 1.76. The van der Waals surface area contributed by atoms with Crippen LogP contribution in [0.5, 0.6) is 11.5 Å². The number of carbonyl (C=O) groups excluding carboxylic acids is 1. The van der Waals surface area contributed by atoms with E-state index in [0.717, 1.165) is 12.2 Å². The molecule has 0 heterocycles. The Morgan fingerprint density at radius 1 is 0.957 bits per heavy atom. The van der Waals surface area contributed by atoms with Crippen LogP contribution in [0.15, 0.2) is 54.6 Å². The van der Waals surface area contributed by atoms with Crippen molar-refractivity contribution in [1.29, 1.82) is 0 Å². The van der Waals surface area contributed by atoms with E-state index < -0.39 is 0 Å². The standard InChI is InChI=1S/C19H23NO3/c1-3-20(2)19(21)16-9-7-12-18(15-16)23-14-8-13-22-17-10-5-4-6-11-17/h4-7,9-12,15H,3,8,13-14H2,1-2H3. The van der Waals surface area contributed by atoms with Crippen molar-refractivity contribution in [3.05, 3.63) is 60.2 Å². The molecule has 4 heteroatoms. The normalized spacial score (nSPS) is 10.2. The second-order valence-corrected chi connectivity index (χ2v) is 5.21. The molecule has 0 saturated heterocycles. The third kappa shape index (κ3) is 5.33. The minimum atomic E-state index is 0.00496. The molecular formula is C19H23NO3. The van der Waals surface area contributed by atoms with Crippen LogP contribution >= 0.6 is 0 Å². The molecule has 4 nitrogen and oxygen atoms in total. The SMILES string of the molecule is CCN(C)C(=O)c1cccc(OCCCOc2ccccc2)c1. The second kappa shape index (κ2) is 8.83. The maximum absolute atomic E-state index is 12.1. The van der Waals surface area contributed by atoms with Crippen LogP contribution in [0.2, 0.25) is 0 Å². The Hall–Kier alpha value is -2.49. The highest BCUT2D eigenvalue weighted by Gasteiger charge is 2.10. The fourth-order valence-electron chi connectivity index (χ4n) is 2.04. The van der Waals surface area contributed by atoms with E-state index in [2.05, 4.69) is 0 Å². The summed E-state index contributed by atoms with van der Waals surface area (Å²) in [5, 5.41) is 0. The zero-order valence-corrected chi connectivity index (χ0v) is 13.7. The Bertz CT molecular complexity index is 613. The first kappa shape index (κ1) is 16.9. The molecule has 0 bridgehead atoms. The quantitative estimate of drug-likeness (QED) is 0.699. The van der Waals surface area contributed by atoms with Crippen molar-refractivity contribution in [3.63, 3.8) is 0 Å². The zero-order chi connectivity index (χ0) is 16.5. The molecule has 0 aliphatic rings. The van der Waals surface area contributed by atoms with Gasteiger partial charge < -0.3 is 14.4 Å². The Morgan fingerprint density at radius 2 is 1.61 bits per heavy atom. The molecule has 0 fully saturated rings. The lowest BCUT2D eigenvalue weighted by atomic mass is 10.2. The van der Waals surface area contributed by atoms with Crippen molar-refractivity contribution in [2.24, 2.45) is 0 Å². The zero-order valence-electron chi connectivity index (χ0n) is 13.7. The third-order valence-electron chi connectivity index (χ3n) is 3.47. The molecule has 0 aliphatic heterocycles. The van der Waals surface area contributed by atoms with Gasteiger partial charge in [0, 0.05) is 25.6 Å². The maximum Gasteiger partial charge on any atom is 0.253 e. The van der Waals surface area contributed by atoms with E-state index in [1.54, 1.807) is 24.1 Å². The highest BCUT2D eigenvalue weighted by atomic mass is 16.5. The van der Waals surface area contributed by atoms with Gasteiger partial charge in [-0.3, -0.25) is 4.79 Å². The number of hydrogen-bond donors (Lipinski definition) is 0. The molecular weight excluding hydrogens is 290 g/mol. The first-order valence-electron chi connectivity index (χ1n) is 7.87. The van der Waals surface area contributed by atoms with Crippen molar-refractivity contribution >= 4 is 5.91 Å². The summed E-state index contributed by atoms with van der Waals surface area (Å²) in [6.07, 6.45) is 0.780. The van der Waals surface area contributed by atoms with Crippen LogP contribution in [0.3, 0.4) is 0 Å². The van der Waals surface area contributed by atoms with Crippen LogP contribution in [0.4, 0.5) is 0 Å². The summed E-state index contributed by atoms with van der Waals surface area (Å²) in [7, 11) is 1.79. The molecule has 0 aliphatic carbocycles. The van der Waals surface area contributed by atoms with E-state index in [4.69, 9.17) is 9.47 Å². The molecule has 0 atom stereocenters. The van der Waals surface area contributed by atoms with Gasteiger partial charge in [0.2, 0.25) is 0 Å². The number of benzene rings is 2. The summed E-state index contributed by atoms with van der Waals surface area (Å²) in [4.78, 5) is 13.8. The van der Waals surface area contributed by atoms with Crippen LogP contribution in [-0.2, 0) is 0 Å². The summed E-state index contributed by atoms with van der Waals surface area (Å²) < 4.78 is 11.3. The number of ether oxygens (including phenoxy) is 2. The summed E-state index contributed by atoms with van der Waals surface area (Å²) >= 11 is 0. The van der Waals surface area contributed by atoms with E-state index >= 15 is 0 Å². The van der Waals surface area contributed by atoms with Crippen LogP contribution < -0.4 is 9.47 Å². The van der Waals surface area contributed by atoms with Gasteiger partial charge in [-0.25, -0.2) is 0 Å². The molecule has 0 saturated carbocycles. The van der Waals surface area contributed by atoms with Gasteiger partial charge in [0.05, 0.1) is 13.2 Å². The van der Waals surface area contributed by atoms with Crippen molar-refractivity contribution in [2.45, 2.75) is 13.3 Å². The molecule has 0 unspecified atom stereocenters. The van der Waals surface area contributed by atoms with E-state index in [0.29, 0.717) is 31.1 Å². The number of carbonyl (C=O) groups is 1. The first-order valence-corrected chi connectivity index (χ1v) is 7.87. The van der Waals surface area contributed by atoms with Gasteiger partial charge in [-0.15, -0.1) is 0 Å². The van der Waals surface area contributed by atoms with Gasteiger partial charge in [0.25, 0.3) is 5.91 Å². The molecule has 0 spiro atoms. The molecule has 1 amide bonds. The molecule has 0 N–H and O–H groups in total. The van der Waals surface area contributed by atoms with Gasteiger partial charge in [-0.05, 0) is 37.3 Å². The second-order valence-electron chi connectivity index (χ2n) is 5.21. The number of hydrogen-bond acceptors (Lipinski definition) is 3. The molecule has 2 aromatic rings. The number of para-hydroxylation sites is 1. The van der Waals surface area contributed by atoms with Crippen LogP contribution in [0, 0.1) is 0 Å². The number of rotatable bonds is 8. The van der Waals surface area contributed by atoms with E-state index in [1.165, 1.54) is 0 Å². The highest BCUT2D eigenvalue weighted by Crippen LogP contribution is 2.15. The number of nitrogens with zero attached hydrogens (tertiary/aromatic N) is 1. The topological polar surface area (TPSA) is 38.8 Å². The molecule has 2 rings (SSSR count). The van der Waals surface area contributed by atoms with Crippen molar-refractivity contribution < 1.29 is 14.3 Å². The number of amides is 1. The molecule has 122 valence electrons. The van der Waals surface area contributed by atoms with E-state index in [1.807, 2.05) is 49.4 Å². The molecule has 0 aromatic heterocycles. The van der Waals surface area contributed by atoms with Crippen LogP contribution in [-0.4, -0.2) is 37.6 Å². The monoisotopic (exact) mass is 313 g/mol. The molecule has 0 radical (unpaired) electrons. The average Bonchev–Trinajstić information content (AvgIpc) is 2.61. The third-order valence-corrected chi connectivity index (χ3v) is 3.47. The maximum atomic E-state index is 12.1. The minimum Gasteiger partial charge on any atom is -0.493 e. The van der Waals surface area contributed by atoms with Gasteiger partial charge in [-0.1, -0.05) is 24.3 Å². The lowest BCUT2D eigenvalue weighted by Crippen LogP contribution is -2.26. The summed E-state index contributed by atoms with van der Waals surface area (Å²) in [6.45, 7) is 3.78. The minimum absolute atomic E-state index is 0.00496. The lowest BCUT2D eigenvalue weighted by Gasteiger charge is -2.15. The Morgan fingerprint density at radius 3 is 2.30 bits per heavy atom. The molecule has 23 heavy (non-hydrogen) atoms. The Kier molecular flexibility index (Phi) is 6.48. The fourth-order valence-corrected chi connectivity index (χ4v) is 2.04. The van der Waals surface area contributed by atoms with E-state index in [-0.39, 0.29) is 5.91 Å². The average molecular weight is 313 g/mol. The summed E-state index contributed by atoms with van der Waals surface area (Å²) in [6, 6.07) is 17.0. The van der Waals surface area contributed by atoms with Gasteiger partial charge in [0.1, 0.15) is 11.5 Å². The van der Waals surface area contributed by atoms with Gasteiger partial charge >= 0.3 is 0 Å². The Labute approximate surface area is 137 Å². The first-order chi connectivity index (χ1) is 11.2. The predicted molar refractivity (Wildman–Crippen MR) is 91.1 cm³/mol. The van der Waals surface area contributed by atoms with Crippen LogP contribution in [0.25, 0.3) is 0 Å². The molecule has 2 aromatic carbocycles. The summed E-state index contributed by atoms with van der Waals surface area (Å²) in [5.74, 6) is 1.58. The van der Waals surface area contributed by atoms with Crippen molar-refractivity contribution in [3.8, 4) is 11.5 Å². The van der Waals surface area contributed by atoms with Crippen LogP contribution in [0.1, 0.15) is 23.7 Å². The smallest absolute Gasteiger partial charge is 0.253 e. The van der Waals surface area contributed by atoms with Crippen molar-refractivity contribution in [1.82, 2.24) is 4.90 Å². The fraction of sp³-hybridized carbons (Fsp3) is 0.316. The lowest BCUT2D eigenvalue weighted by molar-refractivity contribution is 0.0802. The van der Waals surface area contributed by atoms with Gasteiger partial charge in [0.15, 0.2) is 0 Å². The van der Waals surface area contributed by atoms with Crippen molar-refractivity contribution in [2.75, 3.05) is 26.8 Å². The van der Waals surface area contributed by atoms with E-state index in [9.17, 15) is 4.79 Å². The predicted octanol–water partition coefficient (Wildman–Crippen LogP) is 3.63. The van der Waals surface area contributed by atoms with Gasteiger partial charge in [-0.2, -0.15) is 0 Å². The largest absolute Gasteiger partial charge is 0.493 e. The summed E-state index contributed by atoms with van der Waals surface area (Å²) in [5.41, 5.74) is 0.646.